The number of carbonyl (C=O) groups excluding carboxylic acids is 1. The van der Waals surface area contributed by atoms with Crippen LogP contribution in [0.4, 0.5) is 0 Å². The molecule has 1 atom stereocenters. The van der Waals surface area contributed by atoms with E-state index in [4.69, 9.17) is 0 Å². The number of rotatable bonds is 3. The molecule has 1 heterocycles. The Balaban J connectivity index is 2.35. The zero-order valence-corrected chi connectivity index (χ0v) is 14.2. The average molecular weight is 360 g/mol. The van der Waals surface area contributed by atoms with Crippen molar-refractivity contribution in [2.75, 3.05) is 6.54 Å². The lowest BCUT2D eigenvalue weighted by molar-refractivity contribution is -0.123. The summed E-state index contributed by atoms with van der Waals surface area (Å²) in [6.45, 7) is 6.13. The van der Waals surface area contributed by atoms with Gasteiger partial charge in [-0.05, 0) is 42.5 Å². The van der Waals surface area contributed by atoms with E-state index in [9.17, 15) is 13.2 Å². The highest BCUT2D eigenvalue weighted by molar-refractivity contribution is 9.10. The number of amides is 1. The van der Waals surface area contributed by atoms with Gasteiger partial charge in [0.25, 0.3) is 10.0 Å². The van der Waals surface area contributed by atoms with Crippen LogP contribution in [-0.2, 0) is 14.8 Å². The number of nitrogens with zero attached hydrogens (tertiary/aromatic N) is 1. The van der Waals surface area contributed by atoms with E-state index >= 15 is 0 Å². The van der Waals surface area contributed by atoms with E-state index in [1.165, 1.54) is 6.07 Å². The van der Waals surface area contributed by atoms with Crippen LogP contribution in [0.5, 0.6) is 0 Å². The van der Waals surface area contributed by atoms with Crippen molar-refractivity contribution < 1.29 is 13.2 Å². The van der Waals surface area contributed by atoms with Gasteiger partial charge in [-0.15, -0.1) is 0 Å². The van der Waals surface area contributed by atoms with Crippen LogP contribution < -0.4 is 0 Å². The summed E-state index contributed by atoms with van der Waals surface area (Å²) >= 11 is 3.34. The van der Waals surface area contributed by atoms with Crippen molar-refractivity contribution >= 4 is 31.9 Å². The Morgan fingerprint density at radius 3 is 2.50 bits per heavy atom. The third-order valence-electron chi connectivity index (χ3n) is 3.78. The molecule has 1 aromatic rings. The number of halogens is 1. The minimum absolute atomic E-state index is 0.105. The zero-order chi connectivity index (χ0) is 15.1. The highest BCUT2D eigenvalue weighted by Crippen LogP contribution is 2.30. The Hall–Kier alpha value is -0.880. The van der Waals surface area contributed by atoms with Crippen molar-refractivity contribution in [3.8, 4) is 0 Å². The Morgan fingerprint density at radius 2 is 2.00 bits per heavy atom. The molecule has 1 aliphatic rings. The lowest BCUT2D eigenvalue weighted by atomic mass is 9.95. The molecule has 0 saturated carbocycles. The van der Waals surface area contributed by atoms with E-state index < -0.39 is 10.0 Å². The topological polar surface area (TPSA) is 54.5 Å². The summed E-state index contributed by atoms with van der Waals surface area (Å²) in [6, 6.07) is 4.82. The molecule has 0 aromatic heterocycles. The highest BCUT2D eigenvalue weighted by Gasteiger charge is 2.39. The zero-order valence-electron chi connectivity index (χ0n) is 11.8. The van der Waals surface area contributed by atoms with Gasteiger partial charge in [0.05, 0.1) is 4.90 Å². The number of benzene rings is 1. The van der Waals surface area contributed by atoms with Crippen molar-refractivity contribution in [2.45, 2.75) is 32.1 Å². The molecular weight excluding hydrogens is 342 g/mol. The number of aryl methyl sites for hydroxylation is 1. The van der Waals surface area contributed by atoms with Gasteiger partial charge in [0.1, 0.15) is 0 Å². The Bertz CT molecular complexity index is 640. The SMILES string of the molecule is Cc1cc(S(=O)(=O)N2CC(C(C)C)CC2=O)ccc1Br. The molecule has 1 fully saturated rings. The number of sulfonamides is 1. The molecule has 1 aliphatic heterocycles. The maximum absolute atomic E-state index is 12.6. The van der Waals surface area contributed by atoms with Gasteiger partial charge in [-0.1, -0.05) is 29.8 Å². The number of carbonyl (C=O) groups is 1. The molecule has 1 amide bonds. The minimum atomic E-state index is -3.73. The summed E-state index contributed by atoms with van der Waals surface area (Å²) in [6.07, 6.45) is 0.312. The fourth-order valence-electron chi connectivity index (χ4n) is 2.29. The molecule has 1 saturated heterocycles. The normalized spacial score (nSPS) is 19.9. The van der Waals surface area contributed by atoms with Crippen LogP contribution >= 0.6 is 15.9 Å². The van der Waals surface area contributed by atoms with Crippen molar-refractivity contribution in [2.24, 2.45) is 11.8 Å². The predicted octanol–water partition coefficient (Wildman–Crippen LogP) is 2.95. The molecule has 4 nitrogen and oxygen atoms in total. The molecule has 2 rings (SSSR count). The molecule has 20 heavy (non-hydrogen) atoms. The van der Waals surface area contributed by atoms with Gasteiger partial charge in [0.15, 0.2) is 0 Å². The van der Waals surface area contributed by atoms with Gasteiger partial charge in [-0.3, -0.25) is 4.79 Å². The molecule has 6 heteroatoms. The van der Waals surface area contributed by atoms with Crippen LogP contribution in [0.25, 0.3) is 0 Å². The second kappa shape index (κ2) is 5.48. The third-order valence-corrected chi connectivity index (χ3v) is 6.45. The summed E-state index contributed by atoms with van der Waals surface area (Å²) in [5.41, 5.74) is 0.832. The van der Waals surface area contributed by atoms with Gasteiger partial charge < -0.3 is 0 Å². The first-order valence-corrected chi connectivity index (χ1v) is 8.78. The molecular formula is C14H18BrNO3S. The fourth-order valence-corrected chi connectivity index (χ4v) is 4.09. The molecule has 0 N–H and O–H groups in total. The summed E-state index contributed by atoms with van der Waals surface area (Å²) in [5.74, 6) is 0.101. The summed E-state index contributed by atoms with van der Waals surface area (Å²) in [7, 11) is -3.73. The molecule has 0 spiro atoms. The van der Waals surface area contributed by atoms with Crippen molar-refractivity contribution in [3.05, 3.63) is 28.2 Å². The van der Waals surface area contributed by atoms with Gasteiger partial charge in [0, 0.05) is 17.4 Å². The predicted molar refractivity (Wildman–Crippen MR) is 80.7 cm³/mol. The molecule has 0 aliphatic carbocycles. The molecule has 0 bridgehead atoms. The van der Waals surface area contributed by atoms with E-state index in [2.05, 4.69) is 15.9 Å². The highest BCUT2D eigenvalue weighted by atomic mass is 79.9. The smallest absolute Gasteiger partial charge is 0.266 e. The summed E-state index contributed by atoms with van der Waals surface area (Å²) < 4.78 is 27.0. The van der Waals surface area contributed by atoms with Crippen LogP contribution in [-0.4, -0.2) is 25.2 Å². The van der Waals surface area contributed by atoms with E-state index in [0.29, 0.717) is 12.3 Å². The quantitative estimate of drug-likeness (QED) is 0.833. The summed E-state index contributed by atoms with van der Waals surface area (Å²) in [5, 5.41) is 0. The first-order valence-electron chi connectivity index (χ1n) is 6.55. The minimum Gasteiger partial charge on any atom is -0.274 e. The standard InChI is InChI=1S/C14H18BrNO3S/c1-9(2)11-7-14(17)16(8-11)20(18,19)12-4-5-13(15)10(3)6-12/h4-6,9,11H,7-8H2,1-3H3. The van der Waals surface area contributed by atoms with Gasteiger partial charge >= 0.3 is 0 Å². The average Bonchev–Trinajstić information content (AvgIpc) is 2.75. The third kappa shape index (κ3) is 2.76. The van der Waals surface area contributed by atoms with Gasteiger partial charge in [-0.2, -0.15) is 0 Å². The van der Waals surface area contributed by atoms with Crippen molar-refractivity contribution in [3.63, 3.8) is 0 Å². The maximum atomic E-state index is 12.6. The van der Waals surface area contributed by atoms with E-state index in [0.717, 1.165) is 14.3 Å². The van der Waals surface area contributed by atoms with Gasteiger partial charge in [-0.25, -0.2) is 12.7 Å². The second-order valence-corrected chi connectivity index (χ2v) is 8.27. The Kier molecular flexibility index (Phi) is 4.25. The molecule has 0 radical (unpaired) electrons. The second-order valence-electron chi connectivity index (χ2n) is 5.55. The Morgan fingerprint density at radius 1 is 1.35 bits per heavy atom. The van der Waals surface area contributed by atoms with Crippen LogP contribution in [0.1, 0.15) is 25.8 Å². The van der Waals surface area contributed by atoms with Crippen molar-refractivity contribution in [1.29, 1.82) is 0 Å². The fraction of sp³-hybridized carbons (Fsp3) is 0.500. The van der Waals surface area contributed by atoms with E-state index in [-0.39, 0.29) is 23.3 Å². The van der Waals surface area contributed by atoms with Crippen LogP contribution in [0.3, 0.4) is 0 Å². The first kappa shape index (κ1) is 15.5. The van der Waals surface area contributed by atoms with Crippen molar-refractivity contribution in [1.82, 2.24) is 4.31 Å². The van der Waals surface area contributed by atoms with Crippen LogP contribution in [0.2, 0.25) is 0 Å². The summed E-state index contributed by atoms with van der Waals surface area (Å²) in [4.78, 5) is 12.2. The van der Waals surface area contributed by atoms with Crippen LogP contribution in [0.15, 0.2) is 27.6 Å². The lowest BCUT2D eigenvalue weighted by Gasteiger charge is -2.18. The first-order chi connectivity index (χ1) is 9.23. The molecule has 1 aromatic carbocycles. The maximum Gasteiger partial charge on any atom is 0.266 e. The van der Waals surface area contributed by atoms with Crippen LogP contribution in [0, 0.1) is 18.8 Å². The lowest BCUT2D eigenvalue weighted by Crippen LogP contribution is -2.32. The van der Waals surface area contributed by atoms with E-state index in [1.54, 1.807) is 12.1 Å². The molecule has 1 unspecified atom stereocenters. The van der Waals surface area contributed by atoms with E-state index in [1.807, 2.05) is 20.8 Å². The van der Waals surface area contributed by atoms with Gasteiger partial charge in [0.2, 0.25) is 5.91 Å². The Labute approximate surface area is 128 Å². The molecule has 110 valence electrons. The largest absolute Gasteiger partial charge is 0.274 e. The number of hydrogen-bond acceptors (Lipinski definition) is 3. The number of hydrogen-bond donors (Lipinski definition) is 0. The monoisotopic (exact) mass is 359 g/mol.